The summed E-state index contributed by atoms with van der Waals surface area (Å²) in [5.41, 5.74) is 8.03. The molecule has 1 aromatic rings. The van der Waals surface area contributed by atoms with Crippen molar-refractivity contribution in [1.29, 1.82) is 0 Å². The average Bonchev–Trinajstić information content (AvgIpc) is 3.30. The molecule has 0 saturated heterocycles. The van der Waals surface area contributed by atoms with Crippen LogP contribution in [0.4, 0.5) is 0 Å². The summed E-state index contributed by atoms with van der Waals surface area (Å²) in [6.45, 7) is 0.444. The molecule has 1 aromatic heterocycles. The molecular weight excluding hydrogens is 266 g/mol. The summed E-state index contributed by atoms with van der Waals surface area (Å²) < 4.78 is 0. The van der Waals surface area contributed by atoms with Crippen LogP contribution < -0.4 is 16.6 Å². The van der Waals surface area contributed by atoms with Gasteiger partial charge in [0, 0.05) is 18.3 Å². The highest BCUT2D eigenvalue weighted by Crippen LogP contribution is 2.31. The summed E-state index contributed by atoms with van der Waals surface area (Å²) in [5.74, 6) is 0.232. The van der Waals surface area contributed by atoms with Crippen molar-refractivity contribution in [2.45, 2.75) is 51.0 Å². The molecule has 5 heteroatoms. The van der Waals surface area contributed by atoms with Gasteiger partial charge in [-0.25, -0.2) is 0 Å². The van der Waals surface area contributed by atoms with Crippen LogP contribution in [-0.2, 0) is 12.8 Å². The summed E-state index contributed by atoms with van der Waals surface area (Å²) in [6.07, 6.45) is 7.53. The SMILES string of the molecule is NC(CNC(=O)c1cc2c([nH]c1=O)CCCCC2)C1CC1. The summed E-state index contributed by atoms with van der Waals surface area (Å²) in [4.78, 5) is 27.2. The van der Waals surface area contributed by atoms with E-state index in [-0.39, 0.29) is 23.1 Å². The van der Waals surface area contributed by atoms with Crippen molar-refractivity contribution < 1.29 is 4.79 Å². The minimum atomic E-state index is -0.306. The lowest BCUT2D eigenvalue weighted by molar-refractivity contribution is 0.0948. The van der Waals surface area contributed by atoms with Crippen LogP contribution in [0.5, 0.6) is 0 Å². The summed E-state index contributed by atoms with van der Waals surface area (Å²) in [5, 5.41) is 2.80. The van der Waals surface area contributed by atoms with Crippen molar-refractivity contribution in [3.8, 4) is 0 Å². The highest BCUT2D eigenvalue weighted by molar-refractivity contribution is 5.94. The molecule has 0 aromatic carbocycles. The van der Waals surface area contributed by atoms with E-state index < -0.39 is 0 Å². The third-order valence-corrected chi connectivity index (χ3v) is 4.56. The molecule has 3 rings (SSSR count). The molecule has 4 N–H and O–H groups in total. The number of nitrogens with one attached hydrogen (secondary N) is 2. The molecule has 0 aliphatic heterocycles. The molecule has 1 saturated carbocycles. The topological polar surface area (TPSA) is 88.0 Å². The molecule has 0 bridgehead atoms. The summed E-state index contributed by atoms with van der Waals surface area (Å²) in [6, 6.07) is 1.78. The van der Waals surface area contributed by atoms with Crippen LogP contribution in [0.3, 0.4) is 0 Å². The van der Waals surface area contributed by atoms with Crippen molar-refractivity contribution in [2.24, 2.45) is 11.7 Å². The molecule has 5 nitrogen and oxygen atoms in total. The van der Waals surface area contributed by atoms with Crippen LogP contribution in [0.15, 0.2) is 10.9 Å². The van der Waals surface area contributed by atoms with Crippen LogP contribution in [0.2, 0.25) is 0 Å². The fraction of sp³-hybridized carbons (Fsp3) is 0.625. The third-order valence-electron chi connectivity index (χ3n) is 4.56. The lowest BCUT2D eigenvalue weighted by atomic mass is 10.1. The number of hydrogen-bond donors (Lipinski definition) is 3. The minimum absolute atomic E-state index is 0.00820. The second-order valence-electron chi connectivity index (χ2n) is 6.29. The number of aromatic nitrogens is 1. The first-order chi connectivity index (χ1) is 10.1. The first-order valence-electron chi connectivity index (χ1n) is 7.94. The van der Waals surface area contributed by atoms with Crippen LogP contribution >= 0.6 is 0 Å². The molecule has 1 atom stereocenters. The Morgan fingerprint density at radius 2 is 2.10 bits per heavy atom. The maximum absolute atomic E-state index is 12.2. The summed E-state index contributed by atoms with van der Waals surface area (Å²) >= 11 is 0. The number of aryl methyl sites for hydroxylation is 2. The van der Waals surface area contributed by atoms with Crippen LogP contribution in [0.1, 0.15) is 53.7 Å². The number of hydrogen-bond acceptors (Lipinski definition) is 3. The van der Waals surface area contributed by atoms with Gasteiger partial charge in [-0.1, -0.05) is 6.42 Å². The fourth-order valence-electron chi connectivity index (χ4n) is 3.02. The van der Waals surface area contributed by atoms with E-state index in [1.165, 1.54) is 6.42 Å². The monoisotopic (exact) mass is 289 g/mol. The van der Waals surface area contributed by atoms with E-state index in [9.17, 15) is 9.59 Å². The normalized spacial score (nSPS) is 19.5. The average molecular weight is 289 g/mol. The molecule has 1 fully saturated rings. The zero-order chi connectivity index (χ0) is 14.8. The Morgan fingerprint density at radius 3 is 2.86 bits per heavy atom. The molecule has 114 valence electrons. The highest BCUT2D eigenvalue weighted by Gasteiger charge is 2.28. The zero-order valence-electron chi connectivity index (χ0n) is 12.3. The highest BCUT2D eigenvalue weighted by atomic mass is 16.2. The Labute approximate surface area is 124 Å². The maximum atomic E-state index is 12.2. The number of rotatable bonds is 4. The number of fused-ring (bicyclic) bond motifs is 1. The van der Waals surface area contributed by atoms with E-state index >= 15 is 0 Å². The van der Waals surface area contributed by atoms with E-state index in [2.05, 4.69) is 10.3 Å². The van der Waals surface area contributed by atoms with E-state index in [0.29, 0.717) is 12.5 Å². The predicted octanol–water partition coefficient (Wildman–Crippen LogP) is 1.11. The molecule has 1 amide bonds. The van der Waals surface area contributed by atoms with Gasteiger partial charge in [-0.15, -0.1) is 0 Å². The number of H-pyrrole nitrogens is 1. The minimum Gasteiger partial charge on any atom is -0.350 e. The number of aromatic amines is 1. The van der Waals surface area contributed by atoms with Gasteiger partial charge >= 0.3 is 0 Å². The van der Waals surface area contributed by atoms with Gasteiger partial charge in [-0.05, 0) is 56.1 Å². The van der Waals surface area contributed by atoms with Gasteiger partial charge in [0.2, 0.25) is 0 Å². The Bertz CT molecular complexity index is 590. The Morgan fingerprint density at radius 1 is 1.33 bits per heavy atom. The maximum Gasteiger partial charge on any atom is 0.261 e. The second kappa shape index (κ2) is 6.02. The number of amides is 1. The van der Waals surface area contributed by atoms with Crippen molar-refractivity contribution in [2.75, 3.05) is 6.54 Å². The smallest absolute Gasteiger partial charge is 0.261 e. The van der Waals surface area contributed by atoms with Gasteiger partial charge in [-0.3, -0.25) is 9.59 Å². The standard InChI is InChI=1S/C16H23N3O2/c17-13(10-6-7-10)9-18-15(20)12-8-11-4-2-1-3-5-14(11)19-16(12)21/h8,10,13H,1-7,9,17H2,(H,18,20)(H,19,21). The Kier molecular flexibility index (Phi) is 4.10. The Balaban J connectivity index is 1.73. The fourth-order valence-corrected chi connectivity index (χ4v) is 3.02. The zero-order valence-corrected chi connectivity index (χ0v) is 12.3. The number of pyridine rings is 1. The van der Waals surface area contributed by atoms with Gasteiger partial charge in [0.1, 0.15) is 5.56 Å². The molecule has 0 spiro atoms. The number of carbonyl (C=O) groups excluding carboxylic acids is 1. The number of carbonyl (C=O) groups is 1. The van der Waals surface area contributed by atoms with E-state index in [1.807, 2.05) is 0 Å². The first kappa shape index (κ1) is 14.3. The molecule has 1 heterocycles. The summed E-state index contributed by atoms with van der Waals surface area (Å²) in [7, 11) is 0. The van der Waals surface area contributed by atoms with E-state index in [4.69, 9.17) is 5.73 Å². The third kappa shape index (κ3) is 3.35. The van der Waals surface area contributed by atoms with Gasteiger partial charge in [-0.2, -0.15) is 0 Å². The van der Waals surface area contributed by atoms with Crippen LogP contribution in [-0.4, -0.2) is 23.5 Å². The van der Waals surface area contributed by atoms with E-state index in [1.54, 1.807) is 6.07 Å². The predicted molar refractivity (Wildman–Crippen MR) is 81.4 cm³/mol. The number of nitrogens with two attached hydrogens (primary N) is 1. The molecule has 2 aliphatic carbocycles. The van der Waals surface area contributed by atoms with Gasteiger partial charge in [0.15, 0.2) is 0 Å². The lowest BCUT2D eigenvalue weighted by Gasteiger charge is -2.12. The van der Waals surface area contributed by atoms with Gasteiger partial charge in [0.05, 0.1) is 0 Å². The van der Waals surface area contributed by atoms with Crippen molar-refractivity contribution in [3.05, 3.63) is 33.2 Å². The van der Waals surface area contributed by atoms with Crippen molar-refractivity contribution >= 4 is 5.91 Å². The van der Waals surface area contributed by atoms with Crippen LogP contribution in [0.25, 0.3) is 0 Å². The van der Waals surface area contributed by atoms with Gasteiger partial charge < -0.3 is 16.0 Å². The van der Waals surface area contributed by atoms with Gasteiger partial charge in [0.25, 0.3) is 11.5 Å². The molecule has 21 heavy (non-hydrogen) atoms. The van der Waals surface area contributed by atoms with E-state index in [0.717, 1.165) is 49.8 Å². The molecule has 1 unspecified atom stereocenters. The largest absolute Gasteiger partial charge is 0.350 e. The molecular formula is C16H23N3O2. The quantitative estimate of drug-likeness (QED) is 0.726. The molecule has 2 aliphatic rings. The Hall–Kier alpha value is -1.62. The van der Waals surface area contributed by atoms with Crippen molar-refractivity contribution in [3.63, 3.8) is 0 Å². The van der Waals surface area contributed by atoms with Crippen LogP contribution in [0, 0.1) is 5.92 Å². The molecule has 0 radical (unpaired) electrons. The lowest BCUT2D eigenvalue weighted by Crippen LogP contribution is -2.40. The van der Waals surface area contributed by atoms with Crippen molar-refractivity contribution in [1.82, 2.24) is 10.3 Å². The first-order valence-corrected chi connectivity index (χ1v) is 7.94. The second-order valence-corrected chi connectivity index (χ2v) is 6.29.